The molecule has 23 heavy (non-hydrogen) atoms. The standard InChI is InChI=1S/C14H13Cl2F2NO3S/c1-12(2)6-10(19-22-12)23(20,21)13(7-14(13,15)16)11-8(17)4-3-5-9(11)18/h3-5H,6-7H2,1-2H3. The van der Waals surface area contributed by atoms with Crippen molar-refractivity contribution in [3.63, 3.8) is 0 Å². The minimum absolute atomic E-state index is 0.0307. The zero-order valence-electron chi connectivity index (χ0n) is 12.2. The zero-order valence-corrected chi connectivity index (χ0v) is 14.6. The summed E-state index contributed by atoms with van der Waals surface area (Å²) in [6, 6.07) is 3.07. The molecule has 1 aliphatic carbocycles. The molecular weight excluding hydrogens is 371 g/mol. The molecule has 1 aromatic rings. The molecule has 1 aromatic carbocycles. The van der Waals surface area contributed by atoms with Crippen LogP contribution < -0.4 is 0 Å². The molecule has 0 bridgehead atoms. The first-order valence-corrected chi connectivity index (χ1v) is 9.01. The zero-order chi connectivity index (χ0) is 17.3. The molecule has 3 rings (SSSR count). The Bertz CT molecular complexity index is 803. The van der Waals surface area contributed by atoms with Crippen LogP contribution in [0.3, 0.4) is 0 Å². The number of alkyl halides is 2. The second kappa shape index (κ2) is 4.80. The molecule has 2 aliphatic rings. The average Bonchev–Trinajstić information content (AvgIpc) is 2.80. The number of sulfone groups is 1. The van der Waals surface area contributed by atoms with Crippen molar-refractivity contribution in [2.45, 2.75) is 41.4 Å². The minimum atomic E-state index is -4.32. The third-order valence-electron chi connectivity index (χ3n) is 4.04. The van der Waals surface area contributed by atoms with Crippen molar-refractivity contribution < 1.29 is 22.0 Å². The average molecular weight is 384 g/mol. The van der Waals surface area contributed by atoms with Gasteiger partial charge in [0.05, 0.1) is 0 Å². The first-order valence-electron chi connectivity index (χ1n) is 6.77. The van der Waals surface area contributed by atoms with Crippen molar-refractivity contribution in [3.05, 3.63) is 35.4 Å². The molecule has 1 unspecified atom stereocenters. The summed E-state index contributed by atoms with van der Waals surface area (Å²) >= 11 is 12.1. The summed E-state index contributed by atoms with van der Waals surface area (Å²) in [6.07, 6.45) is -0.361. The number of benzene rings is 1. The van der Waals surface area contributed by atoms with Gasteiger partial charge < -0.3 is 4.84 Å². The summed E-state index contributed by atoms with van der Waals surface area (Å²) in [7, 11) is -4.32. The molecule has 0 spiro atoms. The Kier molecular flexibility index (Phi) is 3.53. The maximum atomic E-state index is 14.2. The molecule has 0 aromatic heterocycles. The largest absolute Gasteiger partial charge is 0.389 e. The SMILES string of the molecule is CC1(C)CC(S(=O)(=O)C2(c3c(F)cccc3F)CC2(Cl)Cl)=NO1. The first kappa shape index (κ1) is 16.9. The van der Waals surface area contributed by atoms with Gasteiger partial charge in [-0.3, -0.25) is 0 Å². The van der Waals surface area contributed by atoms with E-state index in [1.165, 1.54) is 0 Å². The highest BCUT2D eigenvalue weighted by atomic mass is 35.5. The van der Waals surface area contributed by atoms with Crippen molar-refractivity contribution >= 4 is 38.1 Å². The topological polar surface area (TPSA) is 55.7 Å². The fourth-order valence-electron chi connectivity index (χ4n) is 2.80. The maximum absolute atomic E-state index is 14.2. The van der Waals surface area contributed by atoms with Crippen molar-refractivity contribution in [2.75, 3.05) is 0 Å². The summed E-state index contributed by atoms with van der Waals surface area (Å²) in [5.74, 6) is -2.04. The van der Waals surface area contributed by atoms with Crippen LogP contribution in [0.25, 0.3) is 0 Å². The molecule has 4 nitrogen and oxygen atoms in total. The van der Waals surface area contributed by atoms with Gasteiger partial charge in [0.2, 0.25) is 9.84 Å². The monoisotopic (exact) mass is 383 g/mol. The lowest BCUT2D eigenvalue weighted by atomic mass is 10.1. The second-order valence-electron chi connectivity index (χ2n) is 6.32. The Morgan fingerprint density at radius 2 is 1.74 bits per heavy atom. The van der Waals surface area contributed by atoms with Gasteiger partial charge in [-0.2, -0.15) is 0 Å². The van der Waals surface area contributed by atoms with Crippen molar-refractivity contribution in [1.29, 1.82) is 0 Å². The van der Waals surface area contributed by atoms with E-state index in [0.717, 1.165) is 18.2 Å². The molecule has 1 atom stereocenters. The van der Waals surface area contributed by atoms with Gasteiger partial charge in [0.15, 0.2) is 5.04 Å². The van der Waals surface area contributed by atoms with E-state index < -0.39 is 41.7 Å². The molecule has 0 amide bonds. The maximum Gasteiger partial charge on any atom is 0.208 e. The summed E-state index contributed by atoms with van der Waals surface area (Å²) in [6.45, 7) is 3.30. The van der Waals surface area contributed by atoms with Crippen LogP contribution in [0.15, 0.2) is 23.4 Å². The summed E-state index contributed by atoms with van der Waals surface area (Å²) in [5.41, 5.74) is -1.48. The Hall–Kier alpha value is -0.920. The van der Waals surface area contributed by atoms with E-state index in [9.17, 15) is 17.2 Å². The molecule has 126 valence electrons. The van der Waals surface area contributed by atoms with E-state index in [1.54, 1.807) is 13.8 Å². The summed E-state index contributed by atoms with van der Waals surface area (Å²) in [4.78, 5) is 5.06. The number of hydrogen-bond acceptors (Lipinski definition) is 4. The Morgan fingerprint density at radius 3 is 2.13 bits per heavy atom. The van der Waals surface area contributed by atoms with Gasteiger partial charge in [-0.1, -0.05) is 34.4 Å². The lowest BCUT2D eigenvalue weighted by molar-refractivity contribution is 0.0123. The van der Waals surface area contributed by atoms with Crippen LogP contribution in [0.5, 0.6) is 0 Å². The Balaban J connectivity index is 2.19. The van der Waals surface area contributed by atoms with Gasteiger partial charge in [0.25, 0.3) is 0 Å². The molecular formula is C14H13Cl2F2NO3S. The fourth-order valence-corrected chi connectivity index (χ4v) is 6.49. The van der Waals surface area contributed by atoms with Crippen LogP contribution >= 0.6 is 23.2 Å². The molecule has 1 heterocycles. The van der Waals surface area contributed by atoms with E-state index >= 15 is 0 Å². The number of halogens is 4. The first-order chi connectivity index (χ1) is 10.4. The molecule has 0 saturated heterocycles. The van der Waals surface area contributed by atoms with Gasteiger partial charge in [-0.05, 0) is 26.0 Å². The normalized spacial score (nSPS) is 28.2. The number of oxime groups is 1. The molecule has 0 N–H and O–H groups in total. The van der Waals surface area contributed by atoms with E-state index in [-0.39, 0.29) is 17.9 Å². The van der Waals surface area contributed by atoms with E-state index in [2.05, 4.69) is 5.16 Å². The number of nitrogens with zero attached hydrogens (tertiary/aromatic N) is 1. The molecule has 1 fully saturated rings. The van der Waals surface area contributed by atoms with Gasteiger partial charge in [-0.15, -0.1) is 0 Å². The lowest BCUT2D eigenvalue weighted by Crippen LogP contribution is -2.35. The van der Waals surface area contributed by atoms with Crippen LogP contribution in [0.1, 0.15) is 32.3 Å². The number of hydrogen-bond donors (Lipinski definition) is 0. The van der Waals surface area contributed by atoms with E-state index in [1.807, 2.05) is 0 Å². The van der Waals surface area contributed by atoms with Crippen LogP contribution in [-0.4, -0.2) is 23.4 Å². The highest BCUT2D eigenvalue weighted by Crippen LogP contribution is 2.69. The van der Waals surface area contributed by atoms with Gasteiger partial charge in [0, 0.05) is 18.4 Å². The predicted octanol–water partition coefficient (Wildman–Crippen LogP) is 3.66. The van der Waals surface area contributed by atoms with E-state index in [4.69, 9.17) is 28.0 Å². The Labute approximate surface area is 142 Å². The van der Waals surface area contributed by atoms with Crippen molar-refractivity contribution in [2.24, 2.45) is 5.16 Å². The molecule has 0 radical (unpaired) electrons. The van der Waals surface area contributed by atoms with Crippen LogP contribution in [0.2, 0.25) is 0 Å². The summed E-state index contributed by atoms with van der Waals surface area (Å²) in [5, 5.41) is 3.27. The quantitative estimate of drug-likeness (QED) is 0.732. The lowest BCUT2D eigenvalue weighted by Gasteiger charge is -2.20. The van der Waals surface area contributed by atoms with Crippen molar-refractivity contribution in [3.8, 4) is 0 Å². The molecule has 1 saturated carbocycles. The summed E-state index contributed by atoms with van der Waals surface area (Å²) < 4.78 is 50.5. The van der Waals surface area contributed by atoms with Gasteiger partial charge in [0.1, 0.15) is 26.3 Å². The minimum Gasteiger partial charge on any atom is -0.389 e. The van der Waals surface area contributed by atoms with Crippen molar-refractivity contribution in [1.82, 2.24) is 0 Å². The predicted molar refractivity (Wildman–Crippen MR) is 83.2 cm³/mol. The molecule has 9 heteroatoms. The Morgan fingerprint density at radius 1 is 1.22 bits per heavy atom. The van der Waals surface area contributed by atoms with Crippen LogP contribution in [-0.2, 0) is 19.4 Å². The van der Waals surface area contributed by atoms with Gasteiger partial charge >= 0.3 is 0 Å². The highest BCUT2D eigenvalue weighted by molar-refractivity contribution is 8.07. The smallest absolute Gasteiger partial charge is 0.208 e. The fraction of sp³-hybridized carbons (Fsp3) is 0.500. The second-order valence-corrected chi connectivity index (χ2v) is 9.98. The van der Waals surface area contributed by atoms with Gasteiger partial charge in [-0.25, -0.2) is 17.2 Å². The third kappa shape index (κ3) is 2.27. The highest BCUT2D eigenvalue weighted by Gasteiger charge is 2.78. The van der Waals surface area contributed by atoms with Crippen LogP contribution in [0.4, 0.5) is 8.78 Å². The van der Waals surface area contributed by atoms with Crippen LogP contribution in [0, 0.1) is 11.6 Å². The molecule has 1 aliphatic heterocycles. The number of rotatable bonds is 2. The van der Waals surface area contributed by atoms with E-state index in [0.29, 0.717) is 0 Å². The third-order valence-corrected chi connectivity index (χ3v) is 7.63.